The number of benzene rings is 2. The van der Waals surface area contributed by atoms with Crippen LogP contribution in [0.3, 0.4) is 0 Å². The summed E-state index contributed by atoms with van der Waals surface area (Å²) >= 11 is 6.23. The fourth-order valence-corrected chi connectivity index (χ4v) is 3.00. The Morgan fingerprint density at radius 1 is 0.963 bits per heavy atom. The van der Waals surface area contributed by atoms with Crippen LogP contribution < -0.4 is 4.74 Å². The van der Waals surface area contributed by atoms with Gasteiger partial charge in [-0.15, -0.1) is 10.2 Å². The summed E-state index contributed by atoms with van der Waals surface area (Å²) in [5.74, 6) is 1.38. The van der Waals surface area contributed by atoms with Gasteiger partial charge in [-0.1, -0.05) is 23.7 Å². The van der Waals surface area contributed by atoms with Crippen LogP contribution in [0.4, 0.5) is 13.2 Å². The van der Waals surface area contributed by atoms with E-state index >= 15 is 0 Å². The molecule has 0 radical (unpaired) electrons. The van der Waals surface area contributed by atoms with Crippen molar-refractivity contribution >= 4 is 11.6 Å². The minimum atomic E-state index is -4.39. The maximum atomic E-state index is 12.7. The fourth-order valence-electron chi connectivity index (χ4n) is 2.78. The molecule has 0 aliphatic heterocycles. The molecule has 1 aromatic heterocycles. The molecule has 0 fully saturated rings. The number of halogens is 4. The first kappa shape index (κ1) is 19.2. The molecular weight excluding hydrogens is 379 g/mol. The zero-order valence-corrected chi connectivity index (χ0v) is 15.6. The Morgan fingerprint density at radius 3 is 2.19 bits per heavy atom. The van der Waals surface area contributed by atoms with Crippen molar-refractivity contribution in [3.63, 3.8) is 0 Å². The van der Waals surface area contributed by atoms with Crippen LogP contribution in [0.1, 0.15) is 25.2 Å². The van der Waals surface area contributed by atoms with Crippen molar-refractivity contribution in [1.82, 2.24) is 14.8 Å². The number of hydrogen-bond donors (Lipinski definition) is 0. The summed E-state index contributed by atoms with van der Waals surface area (Å²) in [7, 11) is 1.78. The van der Waals surface area contributed by atoms with Gasteiger partial charge in [-0.2, -0.15) is 13.2 Å². The number of aromatic nitrogens is 3. The number of alkyl halides is 3. The summed E-state index contributed by atoms with van der Waals surface area (Å²) in [6.45, 7) is 3.54. The molecule has 0 aliphatic carbocycles. The van der Waals surface area contributed by atoms with Crippen molar-refractivity contribution in [1.29, 1.82) is 0 Å². The molecule has 0 bridgehead atoms. The van der Waals surface area contributed by atoms with Gasteiger partial charge in [0.05, 0.1) is 10.6 Å². The van der Waals surface area contributed by atoms with Crippen LogP contribution in [0, 0.1) is 0 Å². The Kier molecular flexibility index (Phi) is 4.90. The first-order valence-corrected chi connectivity index (χ1v) is 8.48. The summed E-state index contributed by atoms with van der Waals surface area (Å²) in [4.78, 5) is 0. The van der Waals surface area contributed by atoms with E-state index < -0.39 is 17.3 Å². The van der Waals surface area contributed by atoms with Gasteiger partial charge in [0.2, 0.25) is 0 Å². The Bertz CT molecular complexity index is 950. The molecule has 0 saturated heterocycles. The van der Waals surface area contributed by atoms with E-state index in [-0.39, 0.29) is 0 Å². The topological polar surface area (TPSA) is 39.9 Å². The second-order valence-corrected chi connectivity index (χ2v) is 6.93. The quantitative estimate of drug-likeness (QED) is 0.588. The molecule has 3 rings (SSSR count). The highest BCUT2D eigenvalue weighted by molar-refractivity contribution is 6.33. The molecule has 0 aliphatic rings. The summed E-state index contributed by atoms with van der Waals surface area (Å²) in [6, 6.07) is 11.8. The highest BCUT2D eigenvalue weighted by atomic mass is 35.5. The molecule has 3 aromatic rings. The third-order valence-corrected chi connectivity index (χ3v) is 4.41. The average molecular weight is 396 g/mol. The van der Waals surface area contributed by atoms with E-state index in [1.54, 1.807) is 31.5 Å². The summed E-state index contributed by atoms with van der Waals surface area (Å²) in [5.41, 5.74) is -0.931. The normalized spacial score (nSPS) is 12.3. The maximum absolute atomic E-state index is 12.7. The second-order valence-electron chi connectivity index (χ2n) is 6.52. The van der Waals surface area contributed by atoms with Crippen LogP contribution in [0.25, 0.3) is 11.4 Å². The fraction of sp³-hybridized carbons (Fsp3) is 0.263. The number of hydrogen-bond acceptors (Lipinski definition) is 3. The van der Waals surface area contributed by atoms with E-state index in [1.807, 2.05) is 18.2 Å². The first-order chi connectivity index (χ1) is 12.6. The first-order valence-electron chi connectivity index (χ1n) is 8.10. The third-order valence-electron chi connectivity index (χ3n) is 4.08. The monoisotopic (exact) mass is 395 g/mol. The predicted molar refractivity (Wildman–Crippen MR) is 96.5 cm³/mol. The van der Waals surface area contributed by atoms with Gasteiger partial charge in [0.15, 0.2) is 17.2 Å². The molecule has 0 spiro atoms. The largest absolute Gasteiger partial charge is 0.480 e. The molecule has 0 unspecified atom stereocenters. The molecule has 0 saturated carbocycles. The lowest BCUT2D eigenvalue weighted by Gasteiger charge is -2.25. The molecule has 27 heavy (non-hydrogen) atoms. The lowest BCUT2D eigenvalue weighted by atomic mass is 10.1. The van der Waals surface area contributed by atoms with E-state index in [1.165, 1.54) is 12.1 Å². The van der Waals surface area contributed by atoms with Gasteiger partial charge in [-0.25, -0.2) is 0 Å². The van der Waals surface area contributed by atoms with Gasteiger partial charge in [0, 0.05) is 12.6 Å². The van der Waals surface area contributed by atoms with Gasteiger partial charge in [-0.3, -0.25) is 0 Å². The van der Waals surface area contributed by atoms with Gasteiger partial charge < -0.3 is 9.30 Å². The highest BCUT2D eigenvalue weighted by Gasteiger charge is 2.32. The van der Waals surface area contributed by atoms with Crippen molar-refractivity contribution in [2.24, 2.45) is 7.05 Å². The minimum absolute atomic E-state index is 0.301. The van der Waals surface area contributed by atoms with Crippen molar-refractivity contribution in [3.05, 3.63) is 64.9 Å². The van der Waals surface area contributed by atoms with Gasteiger partial charge >= 0.3 is 6.18 Å². The minimum Gasteiger partial charge on any atom is -0.480 e. The summed E-state index contributed by atoms with van der Waals surface area (Å²) in [6.07, 6.45) is -4.39. The molecule has 142 valence electrons. The predicted octanol–water partition coefficient (Wildman–Crippen LogP) is 5.47. The zero-order valence-electron chi connectivity index (χ0n) is 14.9. The molecule has 8 heteroatoms. The Morgan fingerprint density at radius 2 is 1.59 bits per heavy atom. The molecule has 0 N–H and O–H groups in total. The number of nitrogens with zero attached hydrogens (tertiary/aromatic N) is 3. The van der Waals surface area contributed by atoms with Crippen LogP contribution in [-0.4, -0.2) is 14.8 Å². The van der Waals surface area contributed by atoms with Gasteiger partial charge in [0.1, 0.15) is 5.75 Å². The Balaban J connectivity index is 1.89. The van der Waals surface area contributed by atoms with E-state index in [9.17, 15) is 13.2 Å². The molecule has 4 nitrogen and oxygen atoms in total. The third kappa shape index (κ3) is 3.93. The molecular formula is C19H17ClF3N3O. The standard InChI is InChI=1S/C19H17ClF3N3O/c1-18(2,27-13-10-8-12(9-11-13)19(21,22)23)17-25-24-16(26(17)3)14-6-4-5-7-15(14)20/h4-11H,1-3H3. The molecule has 1 heterocycles. The van der Waals surface area contributed by atoms with Gasteiger partial charge in [-0.05, 0) is 50.2 Å². The van der Waals surface area contributed by atoms with Crippen LogP contribution in [-0.2, 0) is 18.8 Å². The number of rotatable bonds is 4. The van der Waals surface area contributed by atoms with Crippen molar-refractivity contribution in [2.75, 3.05) is 0 Å². The SMILES string of the molecule is Cn1c(-c2ccccc2Cl)nnc1C(C)(C)Oc1ccc(C(F)(F)F)cc1. The summed E-state index contributed by atoms with van der Waals surface area (Å²) < 4.78 is 45.7. The lowest BCUT2D eigenvalue weighted by molar-refractivity contribution is -0.137. The van der Waals surface area contributed by atoms with E-state index in [2.05, 4.69) is 10.2 Å². The van der Waals surface area contributed by atoms with Crippen molar-refractivity contribution in [3.8, 4) is 17.1 Å². The van der Waals surface area contributed by atoms with Crippen LogP contribution in [0.2, 0.25) is 5.02 Å². The van der Waals surface area contributed by atoms with Gasteiger partial charge in [0.25, 0.3) is 0 Å². The maximum Gasteiger partial charge on any atom is 0.416 e. The smallest absolute Gasteiger partial charge is 0.416 e. The van der Waals surface area contributed by atoms with Crippen LogP contribution >= 0.6 is 11.6 Å². The Hall–Kier alpha value is -2.54. The average Bonchev–Trinajstić information content (AvgIpc) is 2.97. The highest BCUT2D eigenvalue weighted by Crippen LogP contribution is 2.33. The van der Waals surface area contributed by atoms with Crippen LogP contribution in [0.5, 0.6) is 5.75 Å². The second kappa shape index (κ2) is 6.88. The molecule has 0 atom stereocenters. The van der Waals surface area contributed by atoms with E-state index in [4.69, 9.17) is 16.3 Å². The van der Waals surface area contributed by atoms with Crippen LogP contribution in [0.15, 0.2) is 48.5 Å². The number of ether oxygens (including phenoxy) is 1. The molecule has 2 aromatic carbocycles. The van der Waals surface area contributed by atoms with E-state index in [0.29, 0.717) is 22.4 Å². The lowest BCUT2D eigenvalue weighted by Crippen LogP contribution is -2.29. The van der Waals surface area contributed by atoms with Crippen molar-refractivity contribution in [2.45, 2.75) is 25.6 Å². The molecule has 0 amide bonds. The summed E-state index contributed by atoms with van der Waals surface area (Å²) in [5, 5.41) is 8.95. The van der Waals surface area contributed by atoms with E-state index in [0.717, 1.165) is 17.7 Å². The zero-order chi connectivity index (χ0) is 19.8. The Labute approximate surface area is 159 Å². The van der Waals surface area contributed by atoms with Crippen molar-refractivity contribution < 1.29 is 17.9 Å².